The van der Waals surface area contributed by atoms with Crippen LogP contribution in [0.15, 0.2) is 10.8 Å². The molecule has 2 nitrogen and oxygen atoms in total. The zero-order valence-electron chi connectivity index (χ0n) is 8.40. The van der Waals surface area contributed by atoms with Crippen LogP contribution in [-0.2, 0) is 4.74 Å². The molecule has 1 N–H and O–H groups in total. The Morgan fingerprint density at radius 1 is 1.43 bits per heavy atom. The molecule has 1 aromatic heterocycles. The summed E-state index contributed by atoms with van der Waals surface area (Å²) in [5.41, 5.74) is 2.33. The van der Waals surface area contributed by atoms with Gasteiger partial charge in [-0.15, -0.1) is 0 Å². The second kappa shape index (κ2) is 4.43. The first-order chi connectivity index (χ1) is 6.79. The Labute approximate surface area is 88.5 Å². The van der Waals surface area contributed by atoms with Crippen molar-refractivity contribution in [2.45, 2.75) is 25.9 Å². The summed E-state index contributed by atoms with van der Waals surface area (Å²) in [4.78, 5) is 0. The van der Waals surface area contributed by atoms with E-state index in [1.165, 1.54) is 5.56 Å². The van der Waals surface area contributed by atoms with Crippen molar-refractivity contribution in [3.63, 3.8) is 0 Å². The number of aliphatic hydroxyl groups is 1. The predicted molar refractivity (Wildman–Crippen MR) is 57.6 cm³/mol. The van der Waals surface area contributed by atoms with Gasteiger partial charge < -0.3 is 9.84 Å². The van der Waals surface area contributed by atoms with Crippen LogP contribution < -0.4 is 0 Å². The van der Waals surface area contributed by atoms with Crippen LogP contribution in [0.3, 0.4) is 0 Å². The topological polar surface area (TPSA) is 29.5 Å². The molecule has 3 heteroatoms. The third-order valence-electron chi connectivity index (χ3n) is 2.93. The zero-order chi connectivity index (χ0) is 9.97. The molecule has 0 aromatic carbocycles. The molecule has 1 aromatic rings. The van der Waals surface area contributed by atoms with E-state index in [1.807, 2.05) is 0 Å². The SMILES string of the molecule is Cc1cscc1C(O)C1CCOCC1. The summed E-state index contributed by atoms with van der Waals surface area (Å²) in [6, 6.07) is 0. The van der Waals surface area contributed by atoms with E-state index in [4.69, 9.17) is 4.74 Å². The molecular formula is C11H16O2S. The maximum Gasteiger partial charge on any atom is 0.0830 e. The molecule has 1 aliphatic rings. The van der Waals surface area contributed by atoms with Gasteiger partial charge in [0, 0.05) is 13.2 Å². The molecule has 0 radical (unpaired) electrons. The first kappa shape index (κ1) is 10.1. The van der Waals surface area contributed by atoms with Crippen molar-refractivity contribution in [1.29, 1.82) is 0 Å². The van der Waals surface area contributed by atoms with Gasteiger partial charge in [-0.25, -0.2) is 0 Å². The molecule has 2 rings (SSSR count). The molecule has 14 heavy (non-hydrogen) atoms. The Bertz CT molecular complexity index is 289. The number of ether oxygens (including phenoxy) is 1. The molecule has 1 fully saturated rings. The highest BCUT2D eigenvalue weighted by molar-refractivity contribution is 7.08. The number of hydrogen-bond acceptors (Lipinski definition) is 3. The lowest BCUT2D eigenvalue weighted by atomic mass is 9.89. The Morgan fingerprint density at radius 3 is 2.71 bits per heavy atom. The van der Waals surface area contributed by atoms with E-state index in [1.54, 1.807) is 11.3 Å². The van der Waals surface area contributed by atoms with Crippen LogP contribution in [0.4, 0.5) is 0 Å². The van der Waals surface area contributed by atoms with Crippen LogP contribution in [0.25, 0.3) is 0 Å². The fraction of sp³-hybridized carbons (Fsp3) is 0.636. The summed E-state index contributed by atoms with van der Waals surface area (Å²) >= 11 is 1.67. The molecule has 0 aliphatic carbocycles. The van der Waals surface area contributed by atoms with E-state index in [0.29, 0.717) is 5.92 Å². The largest absolute Gasteiger partial charge is 0.388 e. The van der Waals surface area contributed by atoms with Gasteiger partial charge in [-0.05, 0) is 47.6 Å². The third kappa shape index (κ3) is 2.00. The van der Waals surface area contributed by atoms with E-state index in [0.717, 1.165) is 31.6 Å². The lowest BCUT2D eigenvalue weighted by molar-refractivity contribution is 0.00712. The fourth-order valence-electron chi connectivity index (χ4n) is 1.96. The van der Waals surface area contributed by atoms with E-state index in [-0.39, 0.29) is 6.10 Å². The fourth-order valence-corrected chi connectivity index (χ4v) is 2.84. The quantitative estimate of drug-likeness (QED) is 0.816. The smallest absolute Gasteiger partial charge is 0.0830 e. The molecule has 0 saturated carbocycles. The highest BCUT2D eigenvalue weighted by Gasteiger charge is 2.24. The van der Waals surface area contributed by atoms with Crippen LogP contribution in [-0.4, -0.2) is 18.3 Å². The number of aliphatic hydroxyl groups excluding tert-OH is 1. The summed E-state index contributed by atoms with van der Waals surface area (Å²) in [5.74, 6) is 0.386. The van der Waals surface area contributed by atoms with Gasteiger partial charge in [0.1, 0.15) is 0 Å². The summed E-state index contributed by atoms with van der Waals surface area (Å²) in [6.07, 6.45) is 1.68. The molecule has 0 spiro atoms. The summed E-state index contributed by atoms with van der Waals surface area (Å²) in [7, 11) is 0. The summed E-state index contributed by atoms with van der Waals surface area (Å²) in [6.45, 7) is 3.66. The molecule has 1 aliphatic heterocycles. The van der Waals surface area contributed by atoms with Gasteiger partial charge in [0.25, 0.3) is 0 Å². The number of thiophene rings is 1. The van der Waals surface area contributed by atoms with Crippen molar-refractivity contribution in [3.8, 4) is 0 Å². The van der Waals surface area contributed by atoms with E-state index >= 15 is 0 Å². The first-order valence-corrected chi connectivity index (χ1v) is 6.02. The minimum absolute atomic E-state index is 0.287. The molecule has 1 unspecified atom stereocenters. The molecular weight excluding hydrogens is 196 g/mol. The van der Waals surface area contributed by atoms with Gasteiger partial charge >= 0.3 is 0 Å². The van der Waals surface area contributed by atoms with Crippen molar-refractivity contribution in [3.05, 3.63) is 21.9 Å². The van der Waals surface area contributed by atoms with Gasteiger partial charge in [-0.2, -0.15) is 11.3 Å². The summed E-state index contributed by atoms with van der Waals surface area (Å²) < 4.78 is 5.29. The second-order valence-corrected chi connectivity index (χ2v) is 4.65. The van der Waals surface area contributed by atoms with E-state index < -0.39 is 0 Å². The van der Waals surface area contributed by atoms with Crippen LogP contribution in [0.2, 0.25) is 0 Å². The van der Waals surface area contributed by atoms with Crippen molar-refractivity contribution in [1.82, 2.24) is 0 Å². The standard InChI is InChI=1S/C11H16O2S/c1-8-6-14-7-10(8)11(12)9-2-4-13-5-3-9/h6-7,9,11-12H,2-5H2,1H3. The second-order valence-electron chi connectivity index (χ2n) is 3.90. The maximum atomic E-state index is 10.2. The third-order valence-corrected chi connectivity index (χ3v) is 3.81. The van der Waals surface area contributed by atoms with E-state index in [9.17, 15) is 5.11 Å². The van der Waals surface area contributed by atoms with Gasteiger partial charge in [0.15, 0.2) is 0 Å². The Balaban J connectivity index is 2.07. The molecule has 78 valence electrons. The van der Waals surface area contributed by atoms with Gasteiger partial charge in [0.2, 0.25) is 0 Å². The molecule has 0 bridgehead atoms. The molecule has 2 heterocycles. The monoisotopic (exact) mass is 212 g/mol. The van der Waals surface area contributed by atoms with Crippen LogP contribution in [0.5, 0.6) is 0 Å². The number of aryl methyl sites for hydroxylation is 1. The highest BCUT2D eigenvalue weighted by Crippen LogP contribution is 2.32. The van der Waals surface area contributed by atoms with Crippen molar-refractivity contribution >= 4 is 11.3 Å². The minimum Gasteiger partial charge on any atom is -0.388 e. The van der Waals surface area contributed by atoms with Crippen molar-refractivity contribution < 1.29 is 9.84 Å². The van der Waals surface area contributed by atoms with Gasteiger partial charge in [0.05, 0.1) is 6.10 Å². The predicted octanol–water partition coefficient (Wildman–Crippen LogP) is 2.52. The first-order valence-electron chi connectivity index (χ1n) is 5.07. The van der Waals surface area contributed by atoms with E-state index in [2.05, 4.69) is 17.7 Å². The van der Waals surface area contributed by atoms with Crippen LogP contribution in [0.1, 0.15) is 30.1 Å². The number of rotatable bonds is 2. The average molecular weight is 212 g/mol. The Hall–Kier alpha value is -0.380. The lowest BCUT2D eigenvalue weighted by Gasteiger charge is -2.26. The molecule has 1 saturated heterocycles. The normalized spacial score (nSPS) is 21.0. The average Bonchev–Trinajstić information content (AvgIpc) is 2.65. The summed E-state index contributed by atoms with van der Waals surface area (Å²) in [5, 5.41) is 14.3. The highest BCUT2D eigenvalue weighted by atomic mass is 32.1. The zero-order valence-corrected chi connectivity index (χ0v) is 9.22. The van der Waals surface area contributed by atoms with Crippen molar-refractivity contribution in [2.75, 3.05) is 13.2 Å². The maximum absolute atomic E-state index is 10.2. The number of hydrogen-bond donors (Lipinski definition) is 1. The van der Waals surface area contributed by atoms with Crippen molar-refractivity contribution in [2.24, 2.45) is 5.92 Å². The van der Waals surface area contributed by atoms with Gasteiger partial charge in [-0.3, -0.25) is 0 Å². The lowest BCUT2D eigenvalue weighted by Crippen LogP contribution is -2.22. The Kier molecular flexibility index (Phi) is 3.21. The van der Waals surface area contributed by atoms with Crippen LogP contribution >= 0.6 is 11.3 Å². The minimum atomic E-state index is -0.287. The van der Waals surface area contributed by atoms with Gasteiger partial charge in [-0.1, -0.05) is 0 Å². The molecule has 1 atom stereocenters. The molecule has 0 amide bonds. The Morgan fingerprint density at radius 2 is 2.14 bits per heavy atom. The van der Waals surface area contributed by atoms with Crippen LogP contribution in [0, 0.1) is 12.8 Å².